The summed E-state index contributed by atoms with van der Waals surface area (Å²) in [7, 11) is 0. The van der Waals surface area contributed by atoms with Gasteiger partial charge in [-0.15, -0.1) is 11.3 Å². The molecule has 0 fully saturated rings. The Morgan fingerprint density at radius 1 is 1.19 bits per heavy atom. The summed E-state index contributed by atoms with van der Waals surface area (Å²) in [5.74, 6) is -0.159. The molecule has 2 rings (SSSR count). The SMILES string of the molecule is O=C(Nc1cc(Cl)cc(Cl)c1)c1cccs1. The van der Waals surface area contributed by atoms with Crippen LogP contribution >= 0.6 is 34.5 Å². The van der Waals surface area contributed by atoms with E-state index in [1.165, 1.54) is 11.3 Å². The van der Waals surface area contributed by atoms with Crippen LogP contribution < -0.4 is 5.32 Å². The van der Waals surface area contributed by atoms with E-state index < -0.39 is 0 Å². The molecule has 0 aliphatic rings. The standard InChI is InChI=1S/C11H7Cl2NOS/c12-7-4-8(13)6-9(5-7)14-11(15)10-2-1-3-16-10/h1-6H,(H,14,15). The van der Waals surface area contributed by atoms with E-state index in [0.29, 0.717) is 20.6 Å². The third-order valence-electron chi connectivity index (χ3n) is 1.87. The van der Waals surface area contributed by atoms with Crippen LogP contribution in [0.5, 0.6) is 0 Å². The number of halogens is 2. The lowest BCUT2D eigenvalue weighted by Gasteiger charge is -2.04. The molecule has 0 saturated carbocycles. The number of hydrogen-bond acceptors (Lipinski definition) is 2. The molecule has 0 aliphatic heterocycles. The zero-order valence-corrected chi connectivity index (χ0v) is 10.4. The summed E-state index contributed by atoms with van der Waals surface area (Å²) in [6.07, 6.45) is 0. The van der Waals surface area contributed by atoms with Crippen LogP contribution in [0.2, 0.25) is 10.0 Å². The average Bonchev–Trinajstić information content (AvgIpc) is 2.68. The van der Waals surface area contributed by atoms with Gasteiger partial charge < -0.3 is 5.32 Å². The maximum Gasteiger partial charge on any atom is 0.265 e. The second kappa shape index (κ2) is 4.87. The van der Waals surface area contributed by atoms with E-state index in [0.717, 1.165) is 0 Å². The Kier molecular flexibility index (Phi) is 3.49. The lowest BCUT2D eigenvalue weighted by molar-refractivity contribution is 0.103. The van der Waals surface area contributed by atoms with Crippen LogP contribution in [0.3, 0.4) is 0 Å². The number of carbonyl (C=O) groups excluding carboxylic acids is 1. The van der Waals surface area contributed by atoms with Gasteiger partial charge in [0, 0.05) is 15.7 Å². The molecular weight excluding hydrogens is 265 g/mol. The number of rotatable bonds is 2. The van der Waals surface area contributed by atoms with Gasteiger partial charge >= 0.3 is 0 Å². The lowest BCUT2D eigenvalue weighted by atomic mass is 10.3. The van der Waals surface area contributed by atoms with E-state index >= 15 is 0 Å². The molecule has 2 nitrogen and oxygen atoms in total. The van der Waals surface area contributed by atoms with E-state index in [-0.39, 0.29) is 5.91 Å². The summed E-state index contributed by atoms with van der Waals surface area (Å²) < 4.78 is 0. The van der Waals surface area contributed by atoms with Gasteiger partial charge in [-0.05, 0) is 29.6 Å². The van der Waals surface area contributed by atoms with Crippen molar-refractivity contribution in [3.8, 4) is 0 Å². The van der Waals surface area contributed by atoms with Crippen molar-refractivity contribution in [2.75, 3.05) is 5.32 Å². The Bertz CT molecular complexity index is 490. The smallest absolute Gasteiger partial charge is 0.265 e. The molecule has 1 aromatic carbocycles. The van der Waals surface area contributed by atoms with Gasteiger partial charge in [0.05, 0.1) is 4.88 Å². The highest BCUT2D eigenvalue weighted by Crippen LogP contribution is 2.23. The fraction of sp³-hybridized carbons (Fsp3) is 0. The van der Waals surface area contributed by atoms with Gasteiger partial charge in [0.1, 0.15) is 0 Å². The molecule has 1 amide bonds. The van der Waals surface area contributed by atoms with Crippen molar-refractivity contribution >= 4 is 46.1 Å². The minimum Gasteiger partial charge on any atom is -0.321 e. The van der Waals surface area contributed by atoms with E-state index in [2.05, 4.69) is 5.32 Å². The zero-order chi connectivity index (χ0) is 11.5. The Hall–Kier alpha value is -1.03. The summed E-state index contributed by atoms with van der Waals surface area (Å²) in [5.41, 5.74) is 0.593. The van der Waals surface area contributed by atoms with Gasteiger partial charge in [0.15, 0.2) is 0 Å². The fourth-order valence-electron chi connectivity index (χ4n) is 1.23. The molecule has 0 spiro atoms. The summed E-state index contributed by atoms with van der Waals surface area (Å²) >= 11 is 13.0. The monoisotopic (exact) mass is 271 g/mol. The minimum atomic E-state index is -0.159. The fourth-order valence-corrected chi connectivity index (χ4v) is 2.37. The van der Waals surface area contributed by atoms with Crippen LogP contribution in [0.1, 0.15) is 9.67 Å². The van der Waals surface area contributed by atoms with Crippen molar-refractivity contribution in [1.29, 1.82) is 0 Å². The number of hydrogen-bond donors (Lipinski definition) is 1. The predicted molar refractivity (Wildman–Crippen MR) is 68.7 cm³/mol. The largest absolute Gasteiger partial charge is 0.321 e. The van der Waals surface area contributed by atoms with Crippen LogP contribution in [0.15, 0.2) is 35.7 Å². The molecule has 0 atom stereocenters. The molecule has 2 aromatic rings. The van der Waals surface area contributed by atoms with Crippen molar-refractivity contribution < 1.29 is 4.79 Å². The topological polar surface area (TPSA) is 29.1 Å². The number of thiophene rings is 1. The Balaban J connectivity index is 2.18. The molecule has 0 saturated heterocycles. The van der Waals surface area contributed by atoms with Crippen LogP contribution in [0.4, 0.5) is 5.69 Å². The summed E-state index contributed by atoms with van der Waals surface area (Å²) in [5, 5.41) is 5.56. The number of amides is 1. The highest BCUT2D eigenvalue weighted by atomic mass is 35.5. The Morgan fingerprint density at radius 3 is 2.44 bits per heavy atom. The molecule has 0 aliphatic carbocycles. The van der Waals surface area contributed by atoms with Crippen molar-refractivity contribution in [3.63, 3.8) is 0 Å². The summed E-state index contributed by atoms with van der Waals surface area (Å²) in [4.78, 5) is 12.4. The average molecular weight is 272 g/mol. The predicted octanol–water partition coefficient (Wildman–Crippen LogP) is 4.31. The van der Waals surface area contributed by atoms with Gasteiger partial charge in [-0.1, -0.05) is 29.3 Å². The van der Waals surface area contributed by atoms with Gasteiger partial charge in [-0.3, -0.25) is 4.79 Å². The molecule has 1 N–H and O–H groups in total. The Morgan fingerprint density at radius 2 is 1.88 bits per heavy atom. The highest BCUT2D eigenvalue weighted by Gasteiger charge is 2.07. The molecular formula is C11H7Cl2NOS. The molecule has 0 unspecified atom stereocenters. The van der Waals surface area contributed by atoms with Crippen LogP contribution in [0.25, 0.3) is 0 Å². The van der Waals surface area contributed by atoms with Crippen molar-refractivity contribution in [2.45, 2.75) is 0 Å². The molecule has 5 heteroatoms. The second-order valence-corrected chi connectivity index (χ2v) is 4.91. The number of nitrogens with one attached hydrogen (secondary N) is 1. The first-order chi connectivity index (χ1) is 7.65. The van der Waals surface area contributed by atoms with Crippen molar-refractivity contribution in [2.24, 2.45) is 0 Å². The number of carbonyl (C=O) groups is 1. The first kappa shape index (κ1) is 11.5. The van der Waals surface area contributed by atoms with Crippen LogP contribution in [0, 0.1) is 0 Å². The first-order valence-corrected chi connectivity index (χ1v) is 6.09. The maximum absolute atomic E-state index is 11.7. The lowest BCUT2D eigenvalue weighted by Crippen LogP contribution is -2.09. The Labute approximate surface area is 107 Å². The van der Waals surface area contributed by atoms with Crippen molar-refractivity contribution in [3.05, 3.63) is 50.6 Å². The molecule has 1 aromatic heterocycles. The second-order valence-electron chi connectivity index (χ2n) is 3.09. The molecule has 16 heavy (non-hydrogen) atoms. The molecule has 82 valence electrons. The van der Waals surface area contributed by atoms with Gasteiger partial charge in [-0.2, -0.15) is 0 Å². The van der Waals surface area contributed by atoms with Gasteiger partial charge in [-0.25, -0.2) is 0 Å². The number of benzene rings is 1. The van der Waals surface area contributed by atoms with Crippen LogP contribution in [-0.4, -0.2) is 5.91 Å². The summed E-state index contributed by atoms with van der Waals surface area (Å²) in [6.45, 7) is 0. The quantitative estimate of drug-likeness (QED) is 0.867. The van der Waals surface area contributed by atoms with E-state index in [9.17, 15) is 4.79 Å². The normalized spacial score (nSPS) is 10.1. The molecule has 0 bridgehead atoms. The first-order valence-electron chi connectivity index (χ1n) is 4.46. The highest BCUT2D eigenvalue weighted by molar-refractivity contribution is 7.12. The van der Waals surface area contributed by atoms with Gasteiger partial charge in [0.25, 0.3) is 5.91 Å². The van der Waals surface area contributed by atoms with Crippen molar-refractivity contribution in [1.82, 2.24) is 0 Å². The number of anilines is 1. The van der Waals surface area contributed by atoms with Crippen LogP contribution in [-0.2, 0) is 0 Å². The van der Waals surface area contributed by atoms with Gasteiger partial charge in [0.2, 0.25) is 0 Å². The van der Waals surface area contributed by atoms with E-state index in [4.69, 9.17) is 23.2 Å². The molecule has 0 radical (unpaired) electrons. The summed E-state index contributed by atoms with van der Waals surface area (Å²) in [6, 6.07) is 8.50. The minimum absolute atomic E-state index is 0.159. The third kappa shape index (κ3) is 2.76. The zero-order valence-electron chi connectivity index (χ0n) is 8.04. The van der Waals surface area contributed by atoms with E-state index in [1.807, 2.05) is 11.4 Å². The third-order valence-corrected chi connectivity index (χ3v) is 3.17. The molecule has 1 heterocycles. The van der Waals surface area contributed by atoms with E-state index in [1.54, 1.807) is 24.3 Å². The maximum atomic E-state index is 11.7.